The van der Waals surface area contributed by atoms with E-state index in [9.17, 15) is 9.59 Å². The number of halogens is 1. The lowest BCUT2D eigenvalue weighted by Gasteiger charge is -2.23. The van der Waals surface area contributed by atoms with Gasteiger partial charge in [0.15, 0.2) is 4.77 Å². The van der Waals surface area contributed by atoms with Gasteiger partial charge in [0, 0.05) is 23.6 Å². The highest BCUT2D eigenvalue weighted by atomic mass is 35.5. The highest BCUT2D eigenvalue weighted by Gasteiger charge is 2.14. The van der Waals surface area contributed by atoms with Gasteiger partial charge in [0.2, 0.25) is 0 Å². The molecule has 9 heteroatoms. The number of benzene rings is 2. The lowest BCUT2D eigenvalue weighted by Crippen LogP contribution is -3.14. The van der Waals surface area contributed by atoms with Crippen molar-refractivity contribution < 1.29 is 14.4 Å². The Hall–Kier alpha value is -2.52. The number of ether oxygens (including phenoxy) is 1. The van der Waals surface area contributed by atoms with Gasteiger partial charge in [-0.1, -0.05) is 23.7 Å². The maximum Gasteiger partial charge on any atom is 0.262 e. The van der Waals surface area contributed by atoms with E-state index in [0.717, 1.165) is 44.8 Å². The maximum atomic E-state index is 13.0. The molecule has 4 rings (SSSR count). The normalized spacial score (nSPS) is 14.5. The molecular formula is C23H26ClN4O3S+. The predicted molar refractivity (Wildman–Crippen MR) is 127 cm³/mol. The molecule has 0 saturated carbocycles. The molecule has 32 heavy (non-hydrogen) atoms. The molecule has 0 unspecified atom stereocenters. The smallest absolute Gasteiger partial charge is 0.262 e. The Morgan fingerprint density at radius 2 is 1.94 bits per heavy atom. The van der Waals surface area contributed by atoms with E-state index in [0.29, 0.717) is 39.3 Å². The van der Waals surface area contributed by atoms with Gasteiger partial charge in [-0.2, -0.15) is 0 Å². The van der Waals surface area contributed by atoms with Crippen molar-refractivity contribution in [1.29, 1.82) is 0 Å². The maximum absolute atomic E-state index is 13.0. The fraction of sp³-hybridized carbons (Fsp3) is 0.348. The summed E-state index contributed by atoms with van der Waals surface area (Å²) in [4.78, 5) is 30.2. The van der Waals surface area contributed by atoms with E-state index in [4.69, 9.17) is 28.6 Å². The molecule has 3 aromatic rings. The van der Waals surface area contributed by atoms with Gasteiger partial charge in [-0.15, -0.1) is 0 Å². The Bertz CT molecular complexity index is 1220. The number of quaternary nitrogens is 1. The second-order valence-electron chi connectivity index (χ2n) is 7.93. The van der Waals surface area contributed by atoms with Crippen LogP contribution in [0.5, 0.6) is 0 Å². The molecule has 0 atom stereocenters. The summed E-state index contributed by atoms with van der Waals surface area (Å²) >= 11 is 11.4. The van der Waals surface area contributed by atoms with Gasteiger partial charge in [0.25, 0.3) is 11.5 Å². The molecule has 7 nitrogen and oxygen atoms in total. The van der Waals surface area contributed by atoms with Crippen molar-refractivity contribution in [2.45, 2.75) is 13.0 Å². The largest absolute Gasteiger partial charge is 0.370 e. The van der Waals surface area contributed by atoms with Crippen LogP contribution in [0.1, 0.15) is 22.3 Å². The summed E-state index contributed by atoms with van der Waals surface area (Å²) in [7, 11) is 0. The van der Waals surface area contributed by atoms with Crippen LogP contribution in [0.25, 0.3) is 10.9 Å². The summed E-state index contributed by atoms with van der Waals surface area (Å²) in [6.07, 6.45) is 0.909. The topological polar surface area (TPSA) is 80.6 Å². The monoisotopic (exact) mass is 473 g/mol. The molecule has 2 heterocycles. The number of carbonyl (C=O) groups excluding carboxylic acids is 1. The Morgan fingerprint density at radius 3 is 2.69 bits per heavy atom. The predicted octanol–water partition coefficient (Wildman–Crippen LogP) is 1.80. The number of nitrogens with zero attached hydrogens (tertiary/aromatic N) is 1. The average molecular weight is 474 g/mol. The number of H-pyrrole nitrogens is 1. The van der Waals surface area contributed by atoms with Gasteiger partial charge in [0.1, 0.15) is 13.1 Å². The van der Waals surface area contributed by atoms with E-state index in [1.807, 2.05) is 12.1 Å². The van der Waals surface area contributed by atoms with Crippen LogP contribution in [-0.4, -0.2) is 54.9 Å². The van der Waals surface area contributed by atoms with Gasteiger partial charge >= 0.3 is 0 Å². The minimum Gasteiger partial charge on any atom is -0.370 e. The Balaban J connectivity index is 1.44. The number of carbonyl (C=O) groups is 1. The minimum absolute atomic E-state index is 0.159. The van der Waals surface area contributed by atoms with Gasteiger partial charge < -0.3 is 19.9 Å². The van der Waals surface area contributed by atoms with Crippen LogP contribution >= 0.6 is 23.8 Å². The number of rotatable bonds is 7. The van der Waals surface area contributed by atoms with E-state index in [1.165, 1.54) is 9.47 Å². The third-order valence-corrected chi connectivity index (χ3v) is 6.27. The molecule has 1 amide bonds. The second kappa shape index (κ2) is 10.4. The van der Waals surface area contributed by atoms with Crippen LogP contribution < -0.4 is 15.8 Å². The summed E-state index contributed by atoms with van der Waals surface area (Å²) in [6.45, 7) is 5.63. The number of hydrogen-bond donors (Lipinski definition) is 3. The van der Waals surface area contributed by atoms with Gasteiger partial charge in [-0.25, -0.2) is 0 Å². The number of fused-ring (bicyclic) bond motifs is 1. The average Bonchev–Trinajstić information content (AvgIpc) is 2.81. The first kappa shape index (κ1) is 22.7. The molecule has 0 spiro atoms. The first-order valence-corrected chi connectivity index (χ1v) is 11.5. The second-order valence-corrected chi connectivity index (χ2v) is 8.75. The zero-order valence-corrected chi connectivity index (χ0v) is 19.2. The first-order valence-electron chi connectivity index (χ1n) is 10.7. The van der Waals surface area contributed by atoms with Gasteiger partial charge in [-0.05, 0) is 48.1 Å². The highest BCUT2D eigenvalue weighted by molar-refractivity contribution is 7.71. The number of aromatic nitrogens is 2. The van der Waals surface area contributed by atoms with Crippen molar-refractivity contribution >= 4 is 40.6 Å². The zero-order chi connectivity index (χ0) is 22.5. The molecule has 0 radical (unpaired) electrons. The molecule has 1 saturated heterocycles. The summed E-state index contributed by atoms with van der Waals surface area (Å²) in [6, 6.07) is 12.3. The van der Waals surface area contributed by atoms with Crippen LogP contribution in [0.4, 0.5) is 0 Å². The zero-order valence-electron chi connectivity index (χ0n) is 17.7. The molecule has 1 aromatic heterocycles. The van der Waals surface area contributed by atoms with Crippen LogP contribution in [0, 0.1) is 4.77 Å². The standard InChI is InChI=1S/C23H25ClN4O3S/c24-18-5-2-16(3-6-18)15-28-22(30)19-7-4-17(14-20(19)26-23(28)32)21(29)25-8-1-9-27-10-12-31-13-11-27/h2-7,14H,1,8-13,15H2,(H,25,29)(H,26,32)/p+1. The summed E-state index contributed by atoms with van der Waals surface area (Å²) in [5.41, 5.74) is 1.78. The number of hydrogen-bond acceptors (Lipinski definition) is 4. The molecule has 1 aliphatic rings. The van der Waals surface area contributed by atoms with E-state index in [1.54, 1.807) is 30.3 Å². The molecule has 3 N–H and O–H groups in total. The number of nitrogens with one attached hydrogen (secondary N) is 3. The third-order valence-electron chi connectivity index (χ3n) is 5.69. The lowest BCUT2D eigenvalue weighted by molar-refractivity contribution is -0.908. The lowest BCUT2D eigenvalue weighted by atomic mass is 10.1. The Morgan fingerprint density at radius 1 is 1.19 bits per heavy atom. The molecular weight excluding hydrogens is 448 g/mol. The van der Waals surface area contributed by atoms with Gasteiger partial charge in [-0.3, -0.25) is 14.2 Å². The van der Waals surface area contributed by atoms with Crippen molar-refractivity contribution in [3.05, 3.63) is 73.7 Å². The summed E-state index contributed by atoms with van der Waals surface area (Å²) < 4.78 is 7.18. The summed E-state index contributed by atoms with van der Waals surface area (Å²) in [5, 5.41) is 4.09. The molecule has 1 fully saturated rings. The molecule has 0 aliphatic carbocycles. The van der Waals surface area contributed by atoms with Crippen molar-refractivity contribution in [1.82, 2.24) is 14.9 Å². The van der Waals surface area contributed by atoms with E-state index in [-0.39, 0.29) is 11.5 Å². The fourth-order valence-corrected chi connectivity index (χ4v) is 4.25. The number of amides is 1. The van der Waals surface area contributed by atoms with E-state index < -0.39 is 0 Å². The molecule has 2 aromatic carbocycles. The van der Waals surface area contributed by atoms with Crippen molar-refractivity contribution in [3.8, 4) is 0 Å². The quantitative estimate of drug-likeness (QED) is 0.361. The number of morpholine rings is 1. The van der Waals surface area contributed by atoms with Crippen molar-refractivity contribution in [3.63, 3.8) is 0 Å². The number of aromatic amines is 1. The van der Waals surface area contributed by atoms with E-state index >= 15 is 0 Å². The van der Waals surface area contributed by atoms with Crippen molar-refractivity contribution in [2.24, 2.45) is 0 Å². The van der Waals surface area contributed by atoms with E-state index in [2.05, 4.69) is 10.3 Å². The van der Waals surface area contributed by atoms with Crippen molar-refractivity contribution in [2.75, 3.05) is 39.4 Å². The summed E-state index contributed by atoms with van der Waals surface area (Å²) in [5.74, 6) is -0.159. The minimum atomic E-state index is -0.195. The van der Waals surface area contributed by atoms with Crippen LogP contribution in [0.15, 0.2) is 47.3 Å². The van der Waals surface area contributed by atoms with Crippen LogP contribution in [0.3, 0.4) is 0 Å². The Kier molecular flexibility index (Phi) is 7.36. The fourth-order valence-electron chi connectivity index (χ4n) is 3.86. The van der Waals surface area contributed by atoms with Gasteiger partial charge in [0.05, 0.1) is 37.2 Å². The SMILES string of the molecule is O=C(NCCC[NH+]1CCOCC1)c1ccc2c(=O)n(Cc3ccc(Cl)cc3)c(=S)[nH]c2c1. The van der Waals surface area contributed by atoms with Crippen LogP contribution in [-0.2, 0) is 11.3 Å². The Labute approximate surface area is 196 Å². The first-order chi connectivity index (χ1) is 15.5. The highest BCUT2D eigenvalue weighted by Crippen LogP contribution is 2.13. The third kappa shape index (κ3) is 5.45. The molecule has 168 valence electrons. The molecule has 1 aliphatic heterocycles. The van der Waals surface area contributed by atoms with Crippen LogP contribution in [0.2, 0.25) is 5.02 Å². The molecule has 0 bridgehead atoms.